The van der Waals surface area contributed by atoms with Gasteiger partial charge in [-0.05, 0) is 54.8 Å². The molecule has 1 fully saturated rings. The maximum absolute atomic E-state index is 13.8. The van der Waals surface area contributed by atoms with Gasteiger partial charge in [-0.2, -0.15) is 10.4 Å². The summed E-state index contributed by atoms with van der Waals surface area (Å²) in [4.78, 5) is 11.4. The maximum atomic E-state index is 13.8. The smallest absolute Gasteiger partial charge is 0.332 e. The van der Waals surface area contributed by atoms with E-state index >= 15 is 0 Å². The van der Waals surface area contributed by atoms with Crippen molar-refractivity contribution < 1.29 is 19.0 Å². The van der Waals surface area contributed by atoms with Gasteiger partial charge in [-0.15, -0.1) is 0 Å². The molecule has 3 heterocycles. The summed E-state index contributed by atoms with van der Waals surface area (Å²) in [6.07, 6.45) is 2.29. The van der Waals surface area contributed by atoms with Gasteiger partial charge in [0.2, 0.25) is 0 Å². The number of hydrogen-bond donors (Lipinski definition) is 2. The molecule has 0 amide bonds. The number of fused-ring (bicyclic) bond motifs is 2. The lowest BCUT2D eigenvalue weighted by Gasteiger charge is -2.32. The van der Waals surface area contributed by atoms with E-state index in [0.717, 1.165) is 38.8 Å². The Morgan fingerprint density at radius 2 is 2.09 bits per heavy atom. The van der Waals surface area contributed by atoms with Gasteiger partial charge in [0.1, 0.15) is 5.82 Å². The van der Waals surface area contributed by atoms with Crippen LogP contribution in [0.25, 0.3) is 27.5 Å². The molecule has 0 saturated carbocycles. The van der Waals surface area contributed by atoms with Gasteiger partial charge in [-0.3, -0.25) is 5.10 Å². The van der Waals surface area contributed by atoms with E-state index in [4.69, 9.17) is 4.74 Å². The van der Waals surface area contributed by atoms with Crippen LogP contribution in [0.4, 0.5) is 4.39 Å². The van der Waals surface area contributed by atoms with E-state index < -0.39 is 17.5 Å². The molecular weight excluding hydrogens is 435 g/mol. The molecule has 0 spiro atoms. The van der Waals surface area contributed by atoms with Crippen molar-refractivity contribution in [2.45, 2.75) is 50.5 Å². The molecule has 34 heavy (non-hydrogen) atoms. The highest BCUT2D eigenvalue weighted by Crippen LogP contribution is 2.45. The zero-order chi connectivity index (χ0) is 24.0. The predicted molar refractivity (Wildman–Crippen MR) is 125 cm³/mol. The van der Waals surface area contributed by atoms with E-state index in [9.17, 15) is 19.6 Å². The second kappa shape index (κ2) is 8.26. The highest BCUT2D eigenvalue weighted by molar-refractivity contribution is 5.99. The first-order chi connectivity index (χ1) is 16.3. The number of nitriles is 1. The number of ether oxygens (including phenoxy) is 1. The second-order valence-corrected chi connectivity index (χ2v) is 9.55. The number of H-pyrrole nitrogens is 1. The van der Waals surface area contributed by atoms with E-state index in [1.54, 1.807) is 18.3 Å². The summed E-state index contributed by atoms with van der Waals surface area (Å²) in [5.74, 6) is -1.32. The normalized spacial score (nSPS) is 18.9. The number of aromatic nitrogens is 3. The molecule has 174 valence electrons. The van der Waals surface area contributed by atoms with Crippen molar-refractivity contribution in [1.29, 1.82) is 5.26 Å². The van der Waals surface area contributed by atoms with Crippen molar-refractivity contribution in [2.75, 3.05) is 6.61 Å². The lowest BCUT2D eigenvalue weighted by Crippen LogP contribution is -2.32. The Morgan fingerprint density at radius 3 is 2.74 bits per heavy atom. The SMILES string of the molecule is CC(C)(CC#N)c1c([C@H]2CC[C@H](C(=O)O)OC2)c2cc3[nH]ncc3cc2n1-c1ccc(F)cc1. The van der Waals surface area contributed by atoms with Crippen LogP contribution in [0.3, 0.4) is 0 Å². The first-order valence-corrected chi connectivity index (χ1v) is 11.3. The van der Waals surface area contributed by atoms with Crippen molar-refractivity contribution in [3.05, 3.63) is 59.7 Å². The summed E-state index contributed by atoms with van der Waals surface area (Å²) in [5.41, 5.74) is 4.07. The van der Waals surface area contributed by atoms with Gasteiger partial charge in [0.25, 0.3) is 0 Å². The summed E-state index contributed by atoms with van der Waals surface area (Å²) in [7, 11) is 0. The van der Waals surface area contributed by atoms with Crippen LogP contribution in [0.5, 0.6) is 0 Å². The van der Waals surface area contributed by atoms with Crippen molar-refractivity contribution >= 4 is 27.8 Å². The zero-order valence-electron chi connectivity index (χ0n) is 19.0. The van der Waals surface area contributed by atoms with Crippen LogP contribution in [0.1, 0.15) is 50.3 Å². The van der Waals surface area contributed by atoms with E-state index in [1.807, 2.05) is 13.8 Å². The summed E-state index contributed by atoms with van der Waals surface area (Å²) >= 11 is 0. The quantitative estimate of drug-likeness (QED) is 0.427. The average Bonchev–Trinajstić information content (AvgIpc) is 3.40. The van der Waals surface area contributed by atoms with Crippen LogP contribution in [-0.4, -0.2) is 38.6 Å². The number of hydrogen-bond acceptors (Lipinski definition) is 4. The molecule has 8 heteroatoms. The van der Waals surface area contributed by atoms with E-state index in [0.29, 0.717) is 12.8 Å². The van der Waals surface area contributed by atoms with Crippen LogP contribution >= 0.6 is 0 Å². The minimum Gasteiger partial charge on any atom is -0.479 e. The van der Waals surface area contributed by atoms with Crippen LogP contribution in [0.15, 0.2) is 42.6 Å². The Hall–Kier alpha value is -3.70. The molecule has 0 bridgehead atoms. The standard InChI is InChI=1S/C26H25FN4O3/c1-26(2,9-10-28)24-23(15-3-8-22(25(32)33)34-14-15)19-12-20-16(13-29-30-20)11-21(19)31(24)18-6-4-17(27)5-7-18/h4-7,11-13,15,22H,3,8-9,14H2,1-2H3,(H,29,30)(H,32,33)/t15-,22+/m0/s1. The predicted octanol–water partition coefficient (Wildman–Crippen LogP) is 5.18. The summed E-state index contributed by atoms with van der Waals surface area (Å²) in [6.45, 7) is 4.34. The minimum absolute atomic E-state index is 0.0480. The lowest BCUT2D eigenvalue weighted by atomic mass is 9.78. The topological polar surface area (TPSA) is 104 Å². The second-order valence-electron chi connectivity index (χ2n) is 9.55. The molecule has 5 rings (SSSR count). The molecular formula is C26H25FN4O3. The summed E-state index contributed by atoms with van der Waals surface area (Å²) in [5, 5.41) is 28.2. The highest BCUT2D eigenvalue weighted by atomic mass is 19.1. The number of rotatable bonds is 5. The molecule has 0 radical (unpaired) electrons. The fraction of sp³-hybridized carbons (Fsp3) is 0.346. The molecule has 1 saturated heterocycles. The van der Waals surface area contributed by atoms with E-state index in [-0.39, 0.29) is 24.8 Å². The van der Waals surface area contributed by atoms with Gasteiger partial charge in [-0.25, -0.2) is 9.18 Å². The molecule has 2 aromatic heterocycles. The van der Waals surface area contributed by atoms with Crippen molar-refractivity contribution in [2.24, 2.45) is 0 Å². The Kier molecular flexibility index (Phi) is 5.37. The third kappa shape index (κ3) is 3.62. The Balaban J connectivity index is 1.82. The molecule has 4 aromatic rings. The molecule has 1 aliphatic heterocycles. The Bertz CT molecular complexity index is 1420. The fourth-order valence-corrected chi connectivity index (χ4v) is 5.14. The van der Waals surface area contributed by atoms with Crippen LogP contribution < -0.4 is 0 Å². The van der Waals surface area contributed by atoms with E-state index in [2.05, 4.69) is 33.0 Å². The minimum atomic E-state index is -0.948. The first-order valence-electron chi connectivity index (χ1n) is 11.3. The monoisotopic (exact) mass is 460 g/mol. The van der Waals surface area contributed by atoms with E-state index in [1.165, 1.54) is 12.1 Å². The number of aromatic amines is 1. The van der Waals surface area contributed by atoms with Gasteiger partial charge in [0.15, 0.2) is 6.10 Å². The number of carboxylic acid groups (broad SMARTS) is 1. The summed E-state index contributed by atoms with van der Waals surface area (Å²) in [6, 6.07) is 12.8. The number of aliphatic carboxylic acids is 1. The third-order valence-electron chi connectivity index (χ3n) is 6.77. The number of benzene rings is 2. The highest BCUT2D eigenvalue weighted by Gasteiger charge is 2.37. The number of carboxylic acids is 1. The van der Waals surface area contributed by atoms with Gasteiger partial charge < -0.3 is 14.4 Å². The third-order valence-corrected chi connectivity index (χ3v) is 6.77. The van der Waals surface area contributed by atoms with Crippen LogP contribution in [0.2, 0.25) is 0 Å². The summed E-state index contributed by atoms with van der Waals surface area (Å²) < 4.78 is 21.7. The van der Waals surface area contributed by atoms with Gasteiger partial charge >= 0.3 is 5.97 Å². The van der Waals surface area contributed by atoms with Crippen molar-refractivity contribution in [1.82, 2.24) is 14.8 Å². The molecule has 0 unspecified atom stereocenters. The van der Waals surface area contributed by atoms with Gasteiger partial charge in [-0.1, -0.05) is 13.8 Å². The molecule has 2 aromatic carbocycles. The zero-order valence-corrected chi connectivity index (χ0v) is 19.0. The number of nitrogens with zero attached hydrogens (tertiary/aromatic N) is 3. The molecule has 2 atom stereocenters. The number of carbonyl (C=O) groups is 1. The molecule has 1 aliphatic rings. The lowest BCUT2D eigenvalue weighted by molar-refractivity contribution is -0.153. The number of halogens is 1. The average molecular weight is 461 g/mol. The van der Waals surface area contributed by atoms with Crippen molar-refractivity contribution in [3.8, 4) is 11.8 Å². The van der Waals surface area contributed by atoms with Gasteiger partial charge in [0, 0.05) is 39.9 Å². The molecule has 0 aliphatic carbocycles. The largest absolute Gasteiger partial charge is 0.479 e. The number of nitrogens with one attached hydrogen (secondary N) is 1. The first kappa shape index (κ1) is 22.1. The Labute approximate surface area is 195 Å². The van der Waals surface area contributed by atoms with Crippen molar-refractivity contribution in [3.63, 3.8) is 0 Å². The molecule has 7 nitrogen and oxygen atoms in total. The maximum Gasteiger partial charge on any atom is 0.332 e. The fourth-order valence-electron chi connectivity index (χ4n) is 5.14. The van der Waals surface area contributed by atoms with Crippen LogP contribution in [-0.2, 0) is 14.9 Å². The molecule has 2 N–H and O–H groups in total. The Morgan fingerprint density at radius 1 is 1.32 bits per heavy atom. The van der Waals surface area contributed by atoms with Gasteiger partial charge in [0.05, 0.1) is 29.9 Å². The van der Waals surface area contributed by atoms with Crippen LogP contribution in [0, 0.1) is 17.1 Å².